The van der Waals surface area contributed by atoms with Crippen molar-refractivity contribution in [3.05, 3.63) is 29.3 Å². The Morgan fingerprint density at radius 3 is 2.74 bits per heavy atom. The Balaban J connectivity index is 2.12. The van der Waals surface area contributed by atoms with E-state index in [1.54, 1.807) is 24.3 Å². The molecule has 1 aliphatic carbocycles. The molecule has 106 valence electrons. The summed E-state index contributed by atoms with van der Waals surface area (Å²) in [5.41, 5.74) is 0. The molecule has 19 heavy (non-hydrogen) atoms. The molecule has 2 rings (SSSR count). The minimum absolute atomic E-state index is 0.276. The van der Waals surface area contributed by atoms with Crippen LogP contribution in [0.4, 0.5) is 0 Å². The lowest BCUT2D eigenvalue weighted by Crippen LogP contribution is -2.29. The fraction of sp³-hybridized carbons (Fsp3) is 0.571. The van der Waals surface area contributed by atoms with Gasteiger partial charge in [0.05, 0.1) is 15.2 Å². The van der Waals surface area contributed by atoms with Gasteiger partial charge in [-0.05, 0) is 44.4 Å². The van der Waals surface area contributed by atoms with Gasteiger partial charge in [0.2, 0.25) is 0 Å². The molecule has 1 aromatic rings. The van der Waals surface area contributed by atoms with E-state index in [0.29, 0.717) is 17.5 Å². The van der Waals surface area contributed by atoms with Crippen LogP contribution in [0.1, 0.15) is 32.6 Å². The number of rotatable bonds is 5. The minimum atomic E-state index is -3.30. The van der Waals surface area contributed by atoms with Gasteiger partial charge in [-0.1, -0.05) is 30.7 Å². The van der Waals surface area contributed by atoms with Crippen molar-refractivity contribution in [3.63, 3.8) is 0 Å². The van der Waals surface area contributed by atoms with E-state index in [-0.39, 0.29) is 10.1 Å². The Bertz CT molecular complexity index is 530. The van der Waals surface area contributed by atoms with Gasteiger partial charge in [0.25, 0.3) is 0 Å². The van der Waals surface area contributed by atoms with Gasteiger partial charge in [0.15, 0.2) is 9.84 Å². The molecule has 0 heterocycles. The summed E-state index contributed by atoms with van der Waals surface area (Å²) in [4.78, 5) is 0.276. The van der Waals surface area contributed by atoms with E-state index in [1.807, 2.05) is 0 Å². The Labute approximate surface area is 120 Å². The molecule has 0 bridgehead atoms. The highest BCUT2D eigenvalue weighted by atomic mass is 35.5. The van der Waals surface area contributed by atoms with Crippen molar-refractivity contribution < 1.29 is 8.42 Å². The Kier molecular flexibility index (Phi) is 4.87. The van der Waals surface area contributed by atoms with Crippen molar-refractivity contribution in [2.45, 2.75) is 48.8 Å². The second-order valence-corrected chi connectivity index (χ2v) is 7.67. The molecular weight excluding hydrogens is 282 g/mol. The van der Waals surface area contributed by atoms with Crippen LogP contribution >= 0.6 is 11.6 Å². The standard InChI is InChI=1S/C14H20ClNO2S/c1-2-9-16-11-7-8-12(10-11)19(17,18)14-6-4-3-5-13(14)15/h3-6,11-12,16H,2,7-10H2,1H3. The molecule has 1 fully saturated rings. The number of nitrogens with one attached hydrogen (secondary N) is 1. The first-order valence-electron chi connectivity index (χ1n) is 6.77. The van der Waals surface area contributed by atoms with E-state index >= 15 is 0 Å². The summed E-state index contributed by atoms with van der Waals surface area (Å²) in [5, 5.41) is 3.42. The highest BCUT2D eigenvalue weighted by Crippen LogP contribution is 2.32. The Morgan fingerprint density at radius 1 is 1.32 bits per heavy atom. The van der Waals surface area contributed by atoms with E-state index in [9.17, 15) is 8.42 Å². The SMILES string of the molecule is CCCNC1CCC(S(=O)(=O)c2ccccc2Cl)C1. The van der Waals surface area contributed by atoms with Crippen molar-refractivity contribution in [1.29, 1.82) is 0 Å². The molecule has 0 aromatic heterocycles. The average Bonchev–Trinajstić information content (AvgIpc) is 2.86. The molecule has 0 spiro atoms. The predicted octanol–water partition coefficient (Wildman–Crippen LogP) is 3.03. The van der Waals surface area contributed by atoms with Crippen LogP contribution in [0.15, 0.2) is 29.2 Å². The van der Waals surface area contributed by atoms with Crippen molar-refractivity contribution in [2.24, 2.45) is 0 Å². The highest BCUT2D eigenvalue weighted by Gasteiger charge is 2.35. The average molecular weight is 302 g/mol. The van der Waals surface area contributed by atoms with Gasteiger partial charge in [0, 0.05) is 6.04 Å². The third-order valence-corrected chi connectivity index (χ3v) is 6.37. The summed E-state index contributed by atoms with van der Waals surface area (Å²) in [7, 11) is -3.30. The van der Waals surface area contributed by atoms with Crippen LogP contribution in [0.2, 0.25) is 5.02 Å². The molecule has 1 aliphatic rings. The molecule has 2 unspecified atom stereocenters. The number of sulfone groups is 1. The maximum absolute atomic E-state index is 12.6. The Hall–Kier alpha value is -0.580. The second kappa shape index (κ2) is 6.25. The number of hydrogen-bond acceptors (Lipinski definition) is 3. The largest absolute Gasteiger partial charge is 0.314 e. The zero-order valence-corrected chi connectivity index (χ0v) is 12.7. The smallest absolute Gasteiger partial charge is 0.182 e. The number of halogens is 1. The normalized spacial score (nSPS) is 23.7. The lowest BCUT2D eigenvalue weighted by molar-refractivity contribution is 0.520. The van der Waals surface area contributed by atoms with Crippen LogP contribution in [0, 0.1) is 0 Å². The quantitative estimate of drug-likeness (QED) is 0.909. The summed E-state index contributed by atoms with van der Waals surface area (Å²) in [5.74, 6) is 0. The minimum Gasteiger partial charge on any atom is -0.314 e. The fourth-order valence-corrected chi connectivity index (χ4v) is 4.97. The lowest BCUT2D eigenvalue weighted by atomic mass is 10.2. The predicted molar refractivity (Wildman–Crippen MR) is 78.4 cm³/mol. The zero-order chi connectivity index (χ0) is 13.9. The summed E-state index contributed by atoms with van der Waals surface area (Å²) in [6.45, 7) is 3.06. The molecule has 0 amide bonds. The van der Waals surface area contributed by atoms with Crippen LogP contribution in [-0.4, -0.2) is 26.3 Å². The van der Waals surface area contributed by atoms with Gasteiger partial charge >= 0.3 is 0 Å². The third kappa shape index (κ3) is 3.30. The van der Waals surface area contributed by atoms with Gasteiger partial charge in [-0.25, -0.2) is 8.42 Å². The molecule has 5 heteroatoms. The van der Waals surface area contributed by atoms with Gasteiger partial charge in [-0.2, -0.15) is 0 Å². The summed E-state index contributed by atoms with van der Waals surface area (Å²) in [6.07, 6.45) is 3.40. The van der Waals surface area contributed by atoms with E-state index in [2.05, 4.69) is 12.2 Å². The molecule has 0 aliphatic heterocycles. The first-order chi connectivity index (χ1) is 9.05. The van der Waals surface area contributed by atoms with E-state index in [1.165, 1.54) is 0 Å². The van der Waals surface area contributed by atoms with Gasteiger partial charge in [-0.3, -0.25) is 0 Å². The third-order valence-electron chi connectivity index (χ3n) is 3.65. The monoisotopic (exact) mass is 301 g/mol. The van der Waals surface area contributed by atoms with Crippen LogP contribution < -0.4 is 5.32 Å². The zero-order valence-electron chi connectivity index (χ0n) is 11.1. The maximum Gasteiger partial charge on any atom is 0.182 e. The maximum atomic E-state index is 12.6. The van der Waals surface area contributed by atoms with Crippen molar-refractivity contribution in [3.8, 4) is 0 Å². The van der Waals surface area contributed by atoms with Crippen molar-refractivity contribution in [2.75, 3.05) is 6.54 Å². The first kappa shape index (κ1) is 14.8. The highest BCUT2D eigenvalue weighted by molar-refractivity contribution is 7.92. The molecule has 2 atom stereocenters. The van der Waals surface area contributed by atoms with Crippen LogP contribution in [0.5, 0.6) is 0 Å². The topological polar surface area (TPSA) is 46.2 Å². The van der Waals surface area contributed by atoms with Crippen molar-refractivity contribution in [1.82, 2.24) is 5.32 Å². The Morgan fingerprint density at radius 2 is 2.05 bits per heavy atom. The van der Waals surface area contributed by atoms with Crippen LogP contribution in [0.25, 0.3) is 0 Å². The number of benzene rings is 1. The van der Waals surface area contributed by atoms with E-state index < -0.39 is 9.84 Å². The molecule has 0 saturated heterocycles. The summed E-state index contributed by atoms with van der Waals surface area (Å²) < 4.78 is 25.1. The molecule has 1 saturated carbocycles. The summed E-state index contributed by atoms with van der Waals surface area (Å²) in [6, 6.07) is 7.03. The van der Waals surface area contributed by atoms with Crippen LogP contribution in [-0.2, 0) is 9.84 Å². The first-order valence-corrected chi connectivity index (χ1v) is 8.70. The molecule has 1 N–H and O–H groups in total. The van der Waals surface area contributed by atoms with Gasteiger partial charge < -0.3 is 5.32 Å². The summed E-state index contributed by atoms with van der Waals surface area (Å²) >= 11 is 6.01. The molecule has 3 nitrogen and oxygen atoms in total. The van der Waals surface area contributed by atoms with E-state index in [0.717, 1.165) is 25.8 Å². The fourth-order valence-electron chi connectivity index (χ4n) is 2.61. The molecule has 1 aromatic carbocycles. The van der Waals surface area contributed by atoms with Crippen LogP contribution in [0.3, 0.4) is 0 Å². The second-order valence-electron chi connectivity index (χ2n) is 5.06. The lowest BCUT2D eigenvalue weighted by Gasteiger charge is -2.14. The van der Waals surface area contributed by atoms with Gasteiger partial charge in [0.1, 0.15) is 0 Å². The van der Waals surface area contributed by atoms with Gasteiger partial charge in [-0.15, -0.1) is 0 Å². The molecular formula is C14H20ClNO2S. The molecule has 0 radical (unpaired) electrons. The van der Waals surface area contributed by atoms with E-state index in [4.69, 9.17) is 11.6 Å². The van der Waals surface area contributed by atoms with Crippen molar-refractivity contribution >= 4 is 21.4 Å². The number of hydrogen-bond donors (Lipinski definition) is 1.